The second-order valence-corrected chi connectivity index (χ2v) is 4.36. The smallest absolute Gasteiger partial charge is 0.361 e. The van der Waals surface area contributed by atoms with Crippen molar-refractivity contribution < 1.29 is 14.0 Å². The van der Waals surface area contributed by atoms with Crippen LogP contribution >= 0.6 is 0 Å². The lowest BCUT2D eigenvalue weighted by molar-refractivity contribution is -0.117. The summed E-state index contributed by atoms with van der Waals surface area (Å²) in [6.45, 7) is 0. The molecule has 4 heteroatoms. The largest absolute Gasteiger partial charge is 0.364 e. The lowest BCUT2D eigenvalue weighted by Gasteiger charge is -1.99. The molecular formula is C16H13FN2O. The van der Waals surface area contributed by atoms with E-state index in [9.17, 15) is 9.18 Å². The highest BCUT2D eigenvalue weighted by atomic mass is 19.1. The van der Waals surface area contributed by atoms with Crippen molar-refractivity contribution in [2.24, 2.45) is 0 Å². The number of hydrogen-bond acceptors (Lipinski definition) is 1. The van der Waals surface area contributed by atoms with Crippen molar-refractivity contribution >= 4 is 11.5 Å². The summed E-state index contributed by atoms with van der Waals surface area (Å²) in [7, 11) is 0. The number of carbonyl (C=O) groups excluding carboxylic acids is 1. The number of aryl methyl sites for hydroxylation is 1. The highest BCUT2D eigenvalue weighted by Gasteiger charge is 2.22. The van der Waals surface area contributed by atoms with Crippen molar-refractivity contribution in [1.29, 1.82) is 0 Å². The molecular weight excluding hydrogens is 255 g/mol. The Labute approximate surface area is 116 Å². The SMILES string of the molecule is [N-]=[N+]=C(C(=O)CCc1ccccc1)c1ccc(F)cc1. The Hall–Kier alpha value is -2.58. The molecule has 0 aromatic heterocycles. The molecule has 0 spiro atoms. The van der Waals surface area contributed by atoms with Crippen LogP contribution in [0.3, 0.4) is 0 Å². The minimum Gasteiger partial charge on any atom is -0.361 e. The molecule has 0 heterocycles. The van der Waals surface area contributed by atoms with Crippen LogP contribution in [0.5, 0.6) is 0 Å². The predicted molar refractivity (Wildman–Crippen MR) is 73.9 cm³/mol. The van der Waals surface area contributed by atoms with E-state index < -0.39 is 5.82 Å². The molecule has 0 N–H and O–H groups in total. The van der Waals surface area contributed by atoms with E-state index in [4.69, 9.17) is 5.53 Å². The van der Waals surface area contributed by atoms with Crippen molar-refractivity contribution in [3.63, 3.8) is 0 Å². The van der Waals surface area contributed by atoms with Crippen LogP contribution in [0.2, 0.25) is 0 Å². The molecule has 0 fully saturated rings. The number of rotatable bonds is 5. The van der Waals surface area contributed by atoms with Crippen molar-refractivity contribution in [1.82, 2.24) is 0 Å². The molecule has 0 atom stereocenters. The molecule has 2 aromatic carbocycles. The fourth-order valence-corrected chi connectivity index (χ4v) is 1.90. The molecule has 0 aliphatic rings. The van der Waals surface area contributed by atoms with Gasteiger partial charge in [0.15, 0.2) is 0 Å². The highest BCUT2D eigenvalue weighted by Crippen LogP contribution is 2.08. The summed E-state index contributed by atoms with van der Waals surface area (Å²) in [5.74, 6) is -0.675. The molecule has 20 heavy (non-hydrogen) atoms. The maximum Gasteiger partial charge on any atom is 0.364 e. The van der Waals surface area contributed by atoms with Crippen molar-refractivity contribution in [2.75, 3.05) is 0 Å². The predicted octanol–water partition coefficient (Wildman–Crippen LogP) is 3.05. The lowest BCUT2D eigenvalue weighted by Crippen LogP contribution is -2.17. The summed E-state index contributed by atoms with van der Waals surface area (Å²) in [5, 5.41) is 0. The second kappa shape index (κ2) is 6.55. The Morgan fingerprint density at radius 2 is 1.70 bits per heavy atom. The Morgan fingerprint density at radius 1 is 1.05 bits per heavy atom. The number of benzene rings is 2. The zero-order valence-electron chi connectivity index (χ0n) is 10.8. The van der Waals surface area contributed by atoms with Gasteiger partial charge in [-0.25, -0.2) is 4.39 Å². The second-order valence-electron chi connectivity index (χ2n) is 4.36. The summed E-state index contributed by atoms with van der Waals surface area (Å²) >= 11 is 0. The summed E-state index contributed by atoms with van der Waals surface area (Å²) < 4.78 is 12.8. The van der Waals surface area contributed by atoms with E-state index in [0.29, 0.717) is 12.0 Å². The lowest BCUT2D eigenvalue weighted by atomic mass is 10.0. The fraction of sp³-hybridized carbons (Fsp3) is 0.125. The third-order valence-electron chi connectivity index (χ3n) is 2.97. The summed E-state index contributed by atoms with van der Waals surface area (Å²) in [6, 6.07) is 14.9. The molecule has 0 radical (unpaired) electrons. The van der Waals surface area contributed by atoms with E-state index in [1.807, 2.05) is 30.3 Å². The molecule has 3 nitrogen and oxygen atoms in total. The first-order chi connectivity index (χ1) is 9.70. The molecule has 0 saturated heterocycles. The van der Waals surface area contributed by atoms with Gasteiger partial charge in [0.2, 0.25) is 5.78 Å². The number of Topliss-reactive ketones (excluding diaryl/α,β-unsaturated/α-hetero) is 1. The highest BCUT2D eigenvalue weighted by molar-refractivity contribution is 6.43. The number of nitrogens with zero attached hydrogens (tertiary/aromatic N) is 2. The Morgan fingerprint density at radius 3 is 2.30 bits per heavy atom. The molecule has 100 valence electrons. The van der Waals surface area contributed by atoms with Crippen molar-refractivity contribution in [2.45, 2.75) is 12.8 Å². The quantitative estimate of drug-likeness (QED) is 0.467. The van der Waals surface area contributed by atoms with Crippen LogP contribution in [0.1, 0.15) is 17.5 Å². The fourth-order valence-electron chi connectivity index (χ4n) is 1.90. The molecule has 0 aliphatic heterocycles. The van der Waals surface area contributed by atoms with Gasteiger partial charge in [-0.3, -0.25) is 4.79 Å². The van der Waals surface area contributed by atoms with Crippen LogP contribution < -0.4 is 0 Å². The van der Waals surface area contributed by atoms with E-state index in [0.717, 1.165) is 5.56 Å². The van der Waals surface area contributed by atoms with Crippen LogP contribution in [0.15, 0.2) is 54.6 Å². The van der Waals surface area contributed by atoms with E-state index in [2.05, 4.69) is 4.79 Å². The first kappa shape index (κ1) is 13.8. The average Bonchev–Trinajstić information content (AvgIpc) is 2.49. The zero-order valence-corrected chi connectivity index (χ0v) is 10.8. The zero-order chi connectivity index (χ0) is 14.4. The summed E-state index contributed by atoms with van der Waals surface area (Å²) in [5.41, 5.74) is 10.4. The molecule has 0 amide bonds. The van der Waals surface area contributed by atoms with Gasteiger partial charge in [-0.05, 0) is 36.2 Å². The normalized spacial score (nSPS) is 9.85. The Bertz CT molecular complexity index is 644. The van der Waals surface area contributed by atoms with Gasteiger partial charge in [-0.15, -0.1) is 0 Å². The van der Waals surface area contributed by atoms with Gasteiger partial charge in [0.05, 0.1) is 5.56 Å². The van der Waals surface area contributed by atoms with E-state index in [-0.39, 0.29) is 17.9 Å². The number of ketones is 1. The van der Waals surface area contributed by atoms with Gasteiger partial charge in [0.25, 0.3) is 0 Å². The average molecular weight is 268 g/mol. The Kier molecular flexibility index (Phi) is 4.53. The topological polar surface area (TPSA) is 53.5 Å². The van der Waals surface area contributed by atoms with E-state index in [1.54, 1.807) is 0 Å². The van der Waals surface area contributed by atoms with Crippen LogP contribution in [0.4, 0.5) is 4.39 Å². The third-order valence-corrected chi connectivity index (χ3v) is 2.97. The first-order valence-electron chi connectivity index (χ1n) is 6.26. The number of carbonyl (C=O) groups is 1. The maximum atomic E-state index is 12.8. The van der Waals surface area contributed by atoms with Gasteiger partial charge >= 0.3 is 5.71 Å². The van der Waals surface area contributed by atoms with Gasteiger partial charge in [0.1, 0.15) is 5.82 Å². The number of halogens is 1. The van der Waals surface area contributed by atoms with Crippen molar-refractivity contribution in [3.8, 4) is 0 Å². The van der Waals surface area contributed by atoms with E-state index >= 15 is 0 Å². The first-order valence-corrected chi connectivity index (χ1v) is 6.26. The summed E-state index contributed by atoms with van der Waals surface area (Å²) in [4.78, 5) is 15.1. The monoisotopic (exact) mass is 268 g/mol. The van der Waals surface area contributed by atoms with Gasteiger partial charge in [-0.2, -0.15) is 4.79 Å². The molecule has 0 bridgehead atoms. The maximum absolute atomic E-state index is 12.8. The van der Waals surface area contributed by atoms with E-state index in [1.165, 1.54) is 24.3 Å². The molecule has 2 aromatic rings. The molecule has 0 saturated carbocycles. The van der Waals surface area contributed by atoms with Crippen LogP contribution in [-0.2, 0) is 11.2 Å². The standard InChI is InChI=1S/C16H13FN2O/c17-14-9-7-13(8-10-14)16(19-18)15(20)11-6-12-4-2-1-3-5-12/h1-5,7-10H,6,11H2. The molecule has 0 unspecified atom stereocenters. The van der Waals surface area contributed by atoms with Gasteiger partial charge in [-0.1, -0.05) is 30.3 Å². The van der Waals surface area contributed by atoms with Gasteiger partial charge in [0, 0.05) is 6.42 Å². The number of hydrogen-bond donors (Lipinski definition) is 0. The Balaban J connectivity index is 2.07. The molecule has 2 rings (SSSR count). The minimum absolute atomic E-state index is 0.0408. The summed E-state index contributed by atoms with van der Waals surface area (Å²) in [6.07, 6.45) is 0.806. The van der Waals surface area contributed by atoms with Gasteiger partial charge < -0.3 is 5.53 Å². The van der Waals surface area contributed by atoms with Crippen LogP contribution in [0.25, 0.3) is 5.53 Å². The minimum atomic E-state index is -0.400. The third kappa shape index (κ3) is 3.46. The van der Waals surface area contributed by atoms with Crippen LogP contribution in [-0.4, -0.2) is 16.3 Å². The van der Waals surface area contributed by atoms with Crippen molar-refractivity contribution in [3.05, 3.63) is 77.1 Å². The van der Waals surface area contributed by atoms with Crippen LogP contribution in [0, 0.1) is 5.82 Å². The molecule has 0 aliphatic carbocycles.